The lowest BCUT2D eigenvalue weighted by Gasteiger charge is -2.25. The van der Waals surface area contributed by atoms with E-state index < -0.39 is 21.8 Å². The number of sulfonamides is 1. The van der Waals surface area contributed by atoms with Crippen molar-refractivity contribution in [3.63, 3.8) is 0 Å². The number of ether oxygens (including phenoxy) is 2. The first-order valence-electron chi connectivity index (χ1n) is 7.67. The van der Waals surface area contributed by atoms with E-state index in [1.54, 1.807) is 0 Å². The van der Waals surface area contributed by atoms with E-state index in [0.29, 0.717) is 11.8 Å². The highest BCUT2D eigenvalue weighted by Gasteiger charge is 2.33. The molecule has 10 heteroatoms. The van der Waals surface area contributed by atoms with E-state index in [0.717, 1.165) is 16.4 Å². The van der Waals surface area contributed by atoms with Crippen molar-refractivity contribution in [3.8, 4) is 11.5 Å². The van der Waals surface area contributed by atoms with Crippen molar-refractivity contribution in [2.24, 2.45) is 0 Å². The minimum atomic E-state index is -4.63. The molecule has 0 radical (unpaired) electrons. The third kappa shape index (κ3) is 4.24. The maximum atomic E-state index is 13.0. The molecular formula is C17H17ClF3NO4S. The average molecular weight is 424 g/mol. The van der Waals surface area contributed by atoms with Crippen LogP contribution < -0.4 is 13.8 Å². The van der Waals surface area contributed by atoms with Crippen LogP contribution in [0.3, 0.4) is 0 Å². The monoisotopic (exact) mass is 423 g/mol. The third-order valence-corrected chi connectivity index (χ3v) is 5.98. The van der Waals surface area contributed by atoms with E-state index in [9.17, 15) is 21.6 Å². The van der Waals surface area contributed by atoms with Crippen LogP contribution in [0.2, 0.25) is 5.02 Å². The summed E-state index contributed by atoms with van der Waals surface area (Å²) in [5.41, 5.74) is -1.26. The Morgan fingerprint density at radius 2 is 1.67 bits per heavy atom. The fourth-order valence-corrected chi connectivity index (χ4v) is 4.22. The van der Waals surface area contributed by atoms with Crippen molar-refractivity contribution < 1.29 is 31.1 Å². The molecule has 2 aromatic carbocycles. The number of hydrogen-bond donors (Lipinski definition) is 0. The average Bonchev–Trinajstić information content (AvgIpc) is 2.62. The zero-order valence-electron chi connectivity index (χ0n) is 14.7. The Morgan fingerprint density at radius 1 is 1.04 bits per heavy atom. The lowest BCUT2D eigenvalue weighted by molar-refractivity contribution is -0.137. The van der Waals surface area contributed by atoms with Gasteiger partial charge in [-0.3, -0.25) is 4.31 Å². The van der Waals surface area contributed by atoms with Gasteiger partial charge in [0.05, 0.1) is 35.4 Å². The highest BCUT2D eigenvalue weighted by Crippen LogP contribution is 2.38. The fraction of sp³-hybridized carbons (Fsp3) is 0.294. The first-order valence-corrected chi connectivity index (χ1v) is 9.49. The molecule has 0 saturated heterocycles. The van der Waals surface area contributed by atoms with Gasteiger partial charge in [0.2, 0.25) is 0 Å². The maximum Gasteiger partial charge on any atom is 0.416 e. The van der Waals surface area contributed by atoms with Crippen LogP contribution >= 0.6 is 11.6 Å². The topological polar surface area (TPSA) is 55.8 Å². The number of alkyl halides is 3. The molecule has 0 atom stereocenters. The summed E-state index contributed by atoms with van der Waals surface area (Å²) in [5.74, 6) is 0.487. The van der Waals surface area contributed by atoms with Gasteiger partial charge in [-0.2, -0.15) is 13.2 Å². The summed E-state index contributed by atoms with van der Waals surface area (Å²) >= 11 is 6.00. The van der Waals surface area contributed by atoms with E-state index in [2.05, 4.69) is 0 Å². The second-order valence-corrected chi connectivity index (χ2v) is 7.62. The predicted molar refractivity (Wildman–Crippen MR) is 96.2 cm³/mol. The lowest BCUT2D eigenvalue weighted by atomic mass is 10.2. The van der Waals surface area contributed by atoms with Gasteiger partial charge in [-0.05, 0) is 37.3 Å². The van der Waals surface area contributed by atoms with Crippen LogP contribution in [0.25, 0.3) is 0 Å². The van der Waals surface area contributed by atoms with Crippen molar-refractivity contribution in [3.05, 3.63) is 47.0 Å². The minimum Gasteiger partial charge on any atom is -0.493 e. The number of methoxy groups -OCH3 is 2. The molecule has 0 amide bonds. The van der Waals surface area contributed by atoms with Gasteiger partial charge in [-0.1, -0.05) is 11.6 Å². The molecule has 0 aliphatic carbocycles. The van der Waals surface area contributed by atoms with Crippen molar-refractivity contribution in [2.45, 2.75) is 18.0 Å². The summed E-state index contributed by atoms with van der Waals surface area (Å²) in [4.78, 5) is -0.171. The second-order valence-electron chi connectivity index (χ2n) is 5.35. The van der Waals surface area contributed by atoms with Gasteiger partial charge in [-0.15, -0.1) is 0 Å². The van der Waals surface area contributed by atoms with Crippen LogP contribution in [0.1, 0.15) is 12.5 Å². The minimum absolute atomic E-state index is 0.117. The van der Waals surface area contributed by atoms with Gasteiger partial charge < -0.3 is 9.47 Å². The first kappa shape index (κ1) is 21.2. The van der Waals surface area contributed by atoms with Crippen LogP contribution in [-0.2, 0) is 16.2 Å². The number of nitrogens with zero attached hydrogens (tertiary/aromatic N) is 1. The molecule has 0 aliphatic rings. The number of rotatable bonds is 6. The molecule has 0 spiro atoms. The quantitative estimate of drug-likeness (QED) is 0.681. The summed E-state index contributed by atoms with van der Waals surface area (Å²) < 4.78 is 76.1. The maximum absolute atomic E-state index is 13.0. The molecule has 0 saturated carbocycles. The SMILES string of the molecule is CCN(c1cc(C(F)(F)F)ccc1Cl)S(=O)(=O)c1ccc(OC)c(OC)c1. The highest BCUT2D eigenvalue weighted by atomic mass is 35.5. The van der Waals surface area contributed by atoms with E-state index in [4.69, 9.17) is 21.1 Å². The van der Waals surface area contributed by atoms with Crippen molar-refractivity contribution >= 4 is 27.3 Å². The molecule has 0 N–H and O–H groups in total. The van der Waals surface area contributed by atoms with Crippen molar-refractivity contribution in [2.75, 3.05) is 25.1 Å². The lowest BCUT2D eigenvalue weighted by Crippen LogP contribution is -2.31. The first-order chi connectivity index (χ1) is 12.6. The zero-order chi connectivity index (χ0) is 20.4. The van der Waals surface area contributed by atoms with Crippen LogP contribution in [-0.4, -0.2) is 29.2 Å². The Bertz CT molecular complexity index is 932. The second kappa shape index (κ2) is 7.85. The van der Waals surface area contributed by atoms with Gasteiger partial charge >= 0.3 is 6.18 Å². The van der Waals surface area contributed by atoms with Gasteiger partial charge in [0.25, 0.3) is 10.0 Å². The molecule has 0 unspecified atom stereocenters. The van der Waals surface area contributed by atoms with Gasteiger partial charge in [0, 0.05) is 12.6 Å². The fourth-order valence-electron chi connectivity index (χ4n) is 2.45. The van der Waals surface area contributed by atoms with E-state index in [-0.39, 0.29) is 27.9 Å². The van der Waals surface area contributed by atoms with Gasteiger partial charge in [0.15, 0.2) is 11.5 Å². The molecule has 0 fully saturated rings. The molecular weight excluding hydrogens is 407 g/mol. The molecule has 0 bridgehead atoms. The van der Waals surface area contributed by atoms with Crippen molar-refractivity contribution in [1.82, 2.24) is 0 Å². The Balaban J connectivity index is 2.60. The Hall–Kier alpha value is -2.13. The summed E-state index contributed by atoms with van der Waals surface area (Å²) in [6.07, 6.45) is -4.63. The van der Waals surface area contributed by atoms with Crippen LogP contribution in [0, 0.1) is 0 Å². The normalized spacial score (nSPS) is 12.0. The summed E-state index contributed by atoms with van der Waals surface area (Å²) in [7, 11) is -1.46. The summed E-state index contributed by atoms with van der Waals surface area (Å²) in [6, 6.07) is 6.44. The van der Waals surface area contributed by atoms with E-state index in [1.165, 1.54) is 39.3 Å². The molecule has 0 heterocycles. The zero-order valence-corrected chi connectivity index (χ0v) is 16.2. The Labute approximate surface area is 160 Å². The molecule has 148 valence electrons. The molecule has 2 rings (SSSR count). The molecule has 0 aliphatic heterocycles. The molecule has 0 aromatic heterocycles. The smallest absolute Gasteiger partial charge is 0.416 e. The summed E-state index contributed by atoms with van der Waals surface area (Å²) in [6.45, 7) is 1.37. The Morgan fingerprint density at radius 3 is 2.19 bits per heavy atom. The largest absolute Gasteiger partial charge is 0.493 e. The van der Waals surface area contributed by atoms with E-state index >= 15 is 0 Å². The molecule has 27 heavy (non-hydrogen) atoms. The molecule has 5 nitrogen and oxygen atoms in total. The highest BCUT2D eigenvalue weighted by molar-refractivity contribution is 7.92. The number of hydrogen-bond acceptors (Lipinski definition) is 4. The molecule has 2 aromatic rings. The van der Waals surface area contributed by atoms with Gasteiger partial charge in [-0.25, -0.2) is 8.42 Å². The van der Waals surface area contributed by atoms with Crippen molar-refractivity contribution in [1.29, 1.82) is 0 Å². The predicted octanol–water partition coefficient (Wildman–Crippen LogP) is 4.59. The number of anilines is 1. The number of benzene rings is 2. The third-order valence-electron chi connectivity index (χ3n) is 3.77. The summed E-state index contributed by atoms with van der Waals surface area (Å²) in [5, 5.41) is -0.117. The standard InChI is InChI=1S/C17H17ClF3NO4S/c1-4-22(14-9-11(17(19,20)21)5-7-13(14)18)27(23,24)12-6-8-15(25-2)16(10-12)26-3/h5-10H,4H2,1-3H3. The van der Waals surface area contributed by atoms with Crippen LogP contribution in [0.4, 0.5) is 18.9 Å². The van der Waals surface area contributed by atoms with Crippen LogP contribution in [0.15, 0.2) is 41.3 Å². The van der Waals surface area contributed by atoms with Crippen LogP contribution in [0.5, 0.6) is 11.5 Å². The Kier molecular flexibility index (Phi) is 6.16. The van der Waals surface area contributed by atoms with E-state index in [1.807, 2.05) is 0 Å². The number of halogens is 4. The van der Waals surface area contributed by atoms with Gasteiger partial charge in [0.1, 0.15) is 0 Å².